The van der Waals surface area contributed by atoms with Crippen molar-refractivity contribution < 1.29 is 19.1 Å². The highest BCUT2D eigenvalue weighted by atomic mass is 16.5. The maximum Gasteiger partial charge on any atom is 0.255 e. The lowest BCUT2D eigenvalue weighted by atomic mass is 10.1. The molecule has 0 aliphatic rings. The Balaban J connectivity index is 2.13. The van der Waals surface area contributed by atoms with E-state index in [9.17, 15) is 14.4 Å². The van der Waals surface area contributed by atoms with Crippen molar-refractivity contribution in [1.29, 1.82) is 0 Å². The first kappa shape index (κ1) is 20.0. The minimum absolute atomic E-state index is 0.273. The predicted molar refractivity (Wildman–Crippen MR) is 103 cm³/mol. The summed E-state index contributed by atoms with van der Waals surface area (Å²) in [5.74, 6) is -0.426. The number of hydrogen-bond donors (Lipinski definition) is 3. The van der Waals surface area contributed by atoms with Crippen LogP contribution >= 0.6 is 0 Å². The molecule has 0 saturated heterocycles. The monoisotopic (exact) mass is 369 g/mol. The van der Waals surface area contributed by atoms with Crippen molar-refractivity contribution in [3.05, 3.63) is 59.7 Å². The zero-order chi connectivity index (χ0) is 19.8. The Morgan fingerprint density at radius 3 is 2.30 bits per heavy atom. The van der Waals surface area contributed by atoms with Crippen molar-refractivity contribution >= 4 is 23.4 Å². The summed E-state index contributed by atoms with van der Waals surface area (Å²) in [6.07, 6.45) is 0. The number of carbonyl (C=O) groups is 3. The lowest BCUT2D eigenvalue weighted by Gasteiger charge is -2.15. The van der Waals surface area contributed by atoms with Crippen LogP contribution in [0.25, 0.3) is 0 Å². The normalized spacial score (nSPS) is 11.2. The molecule has 0 saturated carbocycles. The van der Waals surface area contributed by atoms with E-state index >= 15 is 0 Å². The SMILES string of the molecule is CCNC(=O)[C@H](C)NC(=O)c1ccccc1NC(=O)c1ccc(OC)cc1. The van der Waals surface area contributed by atoms with Gasteiger partial charge >= 0.3 is 0 Å². The summed E-state index contributed by atoms with van der Waals surface area (Å²) < 4.78 is 5.07. The molecule has 1 atom stereocenters. The minimum atomic E-state index is -0.692. The zero-order valence-electron chi connectivity index (χ0n) is 15.5. The Morgan fingerprint density at radius 2 is 1.67 bits per heavy atom. The van der Waals surface area contributed by atoms with Gasteiger partial charge < -0.3 is 20.7 Å². The van der Waals surface area contributed by atoms with E-state index < -0.39 is 11.9 Å². The van der Waals surface area contributed by atoms with Crippen LogP contribution < -0.4 is 20.7 Å². The summed E-state index contributed by atoms with van der Waals surface area (Å²) in [4.78, 5) is 36.8. The van der Waals surface area contributed by atoms with Crippen LogP contribution in [-0.2, 0) is 4.79 Å². The fourth-order valence-corrected chi connectivity index (χ4v) is 2.39. The van der Waals surface area contributed by atoms with Crippen molar-refractivity contribution in [1.82, 2.24) is 10.6 Å². The molecule has 2 rings (SSSR count). The topological polar surface area (TPSA) is 96.5 Å². The molecule has 7 heteroatoms. The minimum Gasteiger partial charge on any atom is -0.497 e. The number of methoxy groups -OCH3 is 1. The molecule has 0 aliphatic heterocycles. The third-order valence-electron chi connectivity index (χ3n) is 3.86. The first-order valence-corrected chi connectivity index (χ1v) is 8.59. The van der Waals surface area contributed by atoms with Crippen LogP contribution in [0.3, 0.4) is 0 Å². The number of anilines is 1. The van der Waals surface area contributed by atoms with Crippen LogP contribution in [-0.4, -0.2) is 37.4 Å². The van der Waals surface area contributed by atoms with E-state index in [-0.39, 0.29) is 17.4 Å². The molecule has 3 N–H and O–H groups in total. The average Bonchev–Trinajstić information content (AvgIpc) is 2.68. The molecule has 0 aliphatic carbocycles. The molecule has 0 spiro atoms. The third-order valence-corrected chi connectivity index (χ3v) is 3.86. The molecule has 142 valence electrons. The molecule has 0 fully saturated rings. The summed E-state index contributed by atoms with van der Waals surface area (Å²) >= 11 is 0. The molecule has 27 heavy (non-hydrogen) atoms. The van der Waals surface area contributed by atoms with Gasteiger partial charge in [-0.2, -0.15) is 0 Å². The molecule has 2 aromatic carbocycles. The molecule has 0 radical (unpaired) electrons. The number of hydrogen-bond acceptors (Lipinski definition) is 4. The summed E-state index contributed by atoms with van der Waals surface area (Å²) in [6, 6.07) is 12.6. The van der Waals surface area contributed by atoms with Crippen molar-refractivity contribution in [2.24, 2.45) is 0 Å². The largest absolute Gasteiger partial charge is 0.497 e. The number of nitrogens with one attached hydrogen (secondary N) is 3. The van der Waals surface area contributed by atoms with Crippen LogP contribution in [0, 0.1) is 0 Å². The number of likely N-dealkylation sites (N-methyl/N-ethyl adjacent to an activating group) is 1. The van der Waals surface area contributed by atoms with Gasteiger partial charge in [0.05, 0.1) is 18.4 Å². The van der Waals surface area contributed by atoms with Gasteiger partial charge in [-0.1, -0.05) is 12.1 Å². The van der Waals surface area contributed by atoms with Crippen LogP contribution in [0.4, 0.5) is 5.69 Å². The Morgan fingerprint density at radius 1 is 1.00 bits per heavy atom. The highest BCUT2D eigenvalue weighted by Gasteiger charge is 2.19. The van der Waals surface area contributed by atoms with Gasteiger partial charge in [0.25, 0.3) is 11.8 Å². The van der Waals surface area contributed by atoms with Crippen LogP contribution in [0.1, 0.15) is 34.6 Å². The number of benzene rings is 2. The second-order valence-electron chi connectivity index (χ2n) is 5.82. The molecule has 3 amide bonds. The zero-order valence-corrected chi connectivity index (χ0v) is 15.5. The summed E-state index contributed by atoms with van der Waals surface area (Å²) in [5.41, 5.74) is 1.07. The standard InChI is InChI=1S/C20H23N3O4/c1-4-21-18(24)13(2)22-20(26)16-7-5-6-8-17(16)23-19(25)14-9-11-15(27-3)12-10-14/h5-13H,4H2,1-3H3,(H,21,24)(H,22,26)(H,23,25)/t13-/m0/s1. The molecule has 2 aromatic rings. The summed E-state index contributed by atoms with van der Waals surface area (Å²) in [6.45, 7) is 3.88. The van der Waals surface area contributed by atoms with E-state index in [1.165, 1.54) is 0 Å². The summed E-state index contributed by atoms with van der Waals surface area (Å²) in [5, 5.41) is 8.01. The average molecular weight is 369 g/mol. The maximum atomic E-state index is 12.5. The number of rotatable bonds is 7. The van der Waals surface area contributed by atoms with E-state index in [1.807, 2.05) is 0 Å². The van der Waals surface area contributed by atoms with E-state index in [0.717, 1.165) is 0 Å². The van der Waals surface area contributed by atoms with Crippen LogP contribution in [0.2, 0.25) is 0 Å². The van der Waals surface area contributed by atoms with Crippen molar-refractivity contribution in [2.45, 2.75) is 19.9 Å². The Hall–Kier alpha value is -3.35. The van der Waals surface area contributed by atoms with Crippen molar-refractivity contribution in [2.75, 3.05) is 19.0 Å². The van der Waals surface area contributed by atoms with Gasteiger partial charge in [-0.05, 0) is 50.2 Å². The van der Waals surface area contributed by atoms with Gasteiger partial charge in [-0.25, -0.2) is 0 Å². The van der Waals surface area contributed by atoms with Crippen molar-refractivity contribution in [3.8, 4) is 5.75 Å². The fraction of sp³-hybridized carbons (Fsp3) is 0.250. The van der Waals surface area contributed by atoms with Crippen LogP contribution in [0.15, 0.2) is 48.5 Å². The van der Waals surface area contributed by atoms with E-state index in [4.69, 9.17) is 4.74 Å². The molecule has 7 nitrogen and oxygen atoms in total. The number of para-hydroxylation sites is 1. The van der Waals surface area contributed by atoms with E-state index in [0.29, 0.717) is 23.5 Å². The third kappa shape index (κ3) is 5.31. The first-order chi connectivity index (χ1) is 13.0. The molecule has 0 bridgehead atoms. The van der Waals surface area contributed by atoms with Crippen LogP contribution in [0.5, 0.6) is 5.75 Å². The fourth-order valence-electron chi connectivity index (χ4n) is 2.39. The Kier molecular flexibility index (Phi) is 6.93. The van der Waals surface area contributed by atoms with Gasteiger partial charge in [0.1, 0.15) is 11.8 Å². The van der Waals surface area contributed by atoms with Gasteiger partial charge in [0.15, 0.2) is 0 Å². The van der Waals surface area contributed by atoms with Gasteiger partial charge in [-0.3, -0.25) is 14.4 Å². The Labute approximate surface area is 158 Å². The molecular formula is C20H23N3O4. The Bertz CT molecular complexity index is 818. The second-order valence-corrected chi connectivity index (χ2v) is 5.82. The smallest absolute Gasteiger partial charge is 0.255 e. The predicted octanol–water partition coefficient (Wildman–Crippen LogP) is 2.20. The van der Waals surface area contributed by atoms with Gasteiger partial charge in [-0.15, -0.1) is 0 Å². The van der Waals surface area contributed by atoms with E-state index in [1.54, 1.807) is 69.5 Å². The lowest BCUT2D eigenvalue weighted by Crippen LogP contribution is -2.44. The molecular weight excluding hydrogens is 346 g/mol. The van der Waals surface area contributed by atoms with Gasteiger partial charge in [0.2, 0.25) is 5.91 Å². The molecule has 0 unspecified atom stereocenters. The van der Waals surface area contributed by atoms with E-state index in [2.05, 4.69) is 16.0 Å². The number of ether oxygens (including phenoxy) is 1. The number of carbonyl (C=O) groups excluding carboxylic acids is 3. The lowest BCUT2D eigenvalue weighted by molar-refractivity contribution is -0.122. The van der Waals surface area contributed by atoms with Crippen molar-refractivity contribution in [3.63, 3.8) is 0 Å². The molecule has 0 heterocycles. The highest BCUT2D eigenvalue weighted by molar-refractivity contribution is 6.09. The summed E-state index contributed by atoms with van der Waals surface area (Å²) in [7, 11) is 1.55. The number of amides is 3. The maximum absolute atomic E-state index is 12.5. The van der Waals surface area contributed by atoms with Gasteiger partial charge in [0, 0.05) is 12.1 Å². The second kappa shape index (κ2) is 9.38. The first-order valence-electron chi connectivity index (χ1n) is 8.59. The highest BCUT2D eigenvalue weighted by Crippen LogP contribution is 2.18. The quantitative estimate of drug-likeness (QED) is 0.697. The molecule has 0 aromatic heterocycles.